The van der Waals surface area contributed by atoms with Crippen LogP contribution in [0.5, 0.6) is 0 Å². The highest BCUT2D eigenvalue weighted by molar-refractivity contribution is 5.35. The Morgan fingerprint density at radius 2 is 1.88 bits per heavy atom. The minimum Gasteiger partial charge on any atom is -0.387 e. The molecule has 24 heavy (non-hydrogen) atoms. The number of aliphatic hydroxyl groups is 1. The summed E-state index contributed by atoms with van der Waals surface area (Å²) in [4.78, 5) is 12.5. The molecule has 0 spiro atoms. The van der Waals surface area contributed by atoms with Gasteiger partial charge in [0, 0.05) is 24.7 Å². The molecule has 0 aromatic heterocycles. The SMILES string of the molecule is C[C@H](CCc1ccccc1)N(C)C[C@H](O)c1cccc([N+](=O)[O-])c1. The number of benzene rings is 2. The van der Waals surface area contributed by atoms with Crippen LogP contribution in [0, 0.1) is 10.1 Å². The van der Waals surface area contributed by atoms with Crippen LogP contribution in [0.4, 0.5) is 5.69 Å². The fourth-order valence-electron chi connectivity index (χ4n) is 2.64. The minimum atomic E-state index is -0.742. The van der Waals surface area contributed by atoms with Crippen LogP contribution in [0.25, 0.3) is 0 Å². The maximum absolute atomic E-state index is 10.8. The first-order valence-electron chi connectivity index (χ1n) is 8.14. The Balaban J connectivity index is 1.89. The highest BCUT2D eigenvalue weighted by atomic mass is 16.6. The number of nitro groups is 1. The van der Waals surface area contributed by atoms with Gasteiger partial charge in [0.1, 0.15) is 0 Å². The quantitative estimate of drug-likeness (QED) is 0.594. The molecule has 0 saturated heterocycles. The molecule has 2 aromatic carbocycles. The van der Waals surface area contributed by atoms with E-state index in [0.29, 0.717) is 18.2 Å². The lowest BCUT2D eigenvalue weighted by atomic mass is 10.0. The molecule has 0 aliphatic carbocycles. The summed E-state index contributed by atoms with van der Waals surface area (Å²) in [5, 5.41) is 21.2. The molecule has 0 aliphatic heterocycles. The van der Waals surface area contributed by atoms with Crippen LogP contribution < -0.4 is 0 Å². The lowest BCUT2D eigenvalue weighted by Gasteiger charge is -2.27. The smallest absolute Gasteiger partial charge is 0.269 e. The normalized spacial score (nSPS) is 13.7. The fraction of sp³-hybridized carbons (Fsp3) is 0.368. The van der Waals surface area contributed by atoms with Crippen LogP contribution >= 0.6 is 0 Å². The van der Waals surface area contributed by atoms with Crippen molar-refractivity contribution in [1.29, 1.82) is 0 Å². The summed E-state index contributed by atoms with van der Waals surface area (Å²) in [6.07, 6.45) is 1.23. The van der Waals surface area contributed by atoms with E-state index < -0.39 is 11.0 Å². The Morgan fingerprint density at radius 3 is 2.54 bits per heavy atom. The second-order valence-corrected chi connectivity index (χ2v) is 6.18. The predicted octanol–water partition coefficient (Wildman–Crippen LogP) is 3.58. The lowest BCUT2D eigenvalue weighted by molar-refractivity contribution is -0.385. The standard InChI is InChI=1S/C19H24N2O3/c1-15(11-12-16-7-4-3-5-8-16)20(2)14-19(22)17-9-6-10-18(13-17)21(23)24/h3-10,13,15,19,22H,11-12,14H2,1-2H3/t15-,19+/m1/s1. The molecular formula is C19H24N2O3. The third-order valence-corrected chi connectivity index (χ3v) is 4.37. The third-order valence-electron chi connectivity index (χ3n) is 4.37. The number of likely N-dealkylation sites (N-methyl/N-ethyl adjacent to an activating group) is 1. The summed E-state index contributed by atoms with van der Waals surface area (Å²) in [5.74, 6) is 0. The maximum Gasteiger partial charge on any atom is 0.269 e. The van der Waals surface area contributed by atoms with Crippen molar-refractivity contribution in [3.05, 3.63) is 75.8 Å². The van der Waals surface area contributed by atoms with Crippen LogP contribution in [0.1, 0.15) is 30.6 Å². The summed E-state index contributed by atoms with van der Waals surface area (Å²) in [6.45, 7) is 2.57. The van der Waals surface area contributed by atoms with Crippen LogP contribution in [0.15, 0.2) is 54.6 Å². The number of nitrogens with zero attached hydrogens (tertiary/aromatic N) is 2. The van der Waals surface area contributed by atoms with Crippen molar-refractivity contribution < 1.29 is 10.0 Å². The molecule has 0 saturated carbocycles. The molecule has 0 aliphatic rings. The molecule has 2 aromatic rings. The third kappa shape index (κ3) is 5.15. The summed E-state index contributed by atoms with van der Waals surface area (Å²) in [7, 11) is 1.97. The second kappa shape index (κ2) is 8.57. The van der Waals surface area contributed by atoms with Gasteiger partial charge < -0.3 is 10.0 Å². The van der Waals surface area contributed by atoms with Crippen LogP contribution in [0.2, 0.25) is 0 Å². The number of hydrogen-bond acceptors (Lipinski definition) is 4. The molecule has 128 valence electrons. The zero-order valence-electron chi connectivity index (χ0n) is 14.1. The van der Waals surface area contributed by atoms with Gasteiger partial charge in [0.2, 0.25) is 0 Å². The molecule has 0 amide bonds. The number of aliphatic hydroxyl groups excluding tert-OH is 1. The van der Waals surface area contributed by atoms with Crippen molar-refractivity contribution in [2.24, 2.45) is 0 Å². The predicted molar refractivity (Wildman–Crippen MR) is 94.9 cm³/mol. The monoisotopic (exact) mass is 328 g/mol. The molecule has 1 N–H and O–H groups in total. The molecular weight excluding hydrogens is 304 g/mol. The molecule has 0 unspecified atom stereocenters. The van der Waals surface area contributed by atoms with Crippen molar-refractivity contribution >= 4 is 5.69 Å². The summed E-state index contributed by atoms with van der Waals surface area (Å²) >= 11 is 0. The highest BCUT2D eigenvalue weighted by Gasteiger charge is 2.17. The van der Waals surface area contributed by atoms with Gasteiger partial charge in [-0.2, -0.15) is 0 Å². The topological polar surface area (TPSA) is 66.6 Å². The average molecular weight is 328 g/mol. The van der Waals surface area contributed by atoms with Gasteiger partial charge in [0.25, 0.3) is 5.69 Å². The van der Waals surface area contributed by atoms with Gasteiger partial charge in [0.15, 0.2) is 0 Å². The van der Waals surface area contributed by atoms with Crippen LogP contribution in [-0.4, -0.2) is 34.6 Å². The molecule has 5 nitrogen and oxygen atoms in total. The average Bonchev–Trinajstić information content (AvgIpc) is 2.60. The summed E-state index contributed by atoms with van der Waals surface area (Å²) in [6, 6.07) is 16.8. The van der Waals surface area contributed by atoms with E-state index >= 15 is 0 Å². The van der Waals surface area contributed by atoms with Crippen molar-refractivity contribution in [1.82, 2.24) is 4.90 Å². The van der Waals surface area contributed by atoms with E-state index in [1.54, 1.807) is 12.1 Å². The molecule has 0 radical (unpaired) electrons. The Hall–Kier alpha value is -2.24. The van der Waals surface area contributed by atoms with Gasteiger partial charge in [-0.25, -0.2) is 0 Å². The van der Waals surface area contributed by atoms with E-state index in [-0.39, 0.29) is 5.69 Å². The Morgan fingerprint density at radius 1 is 1.17 bits per heavy atom. The van der Waals surface area contributed by atoms with Gasteiger partial charge in [-0.3, -0.25) is 10.1 Å². The Kier molecular flexibility index (Phi) is 6.46. The first-order valence-corrected chi connectivity index (χ1v) is 8.14. The van der Waals surface area contributed by atoms with Gasteiger partial charge in [-0.05, 0) is 37.9 Å². The minimum absolute atomic E-state index is 0.00586. The van der Waals surface area contributed by atoms with Crippen molar-refractivity contribution in [3.8, 4) is 0 Å². The molecule has 2 rings (SSSR count). The maximum atomic E-state index is 10.8. The zero-order chi connectivity index (χ0) is 17.5. The number of non-ortho nitro benzene ring substituents is 1. The number of aryl methyl sites for hydroxylation is 1. The highest BCUT2D eigenvalue weighted by Crippen LogP contribution is 2.21. The van der Waals surface area contributed by atoms with E-state index in [2.05, 4.69) is 24.0 Å². The van der Waals surface area contributed by atoms with Crippen molar-refractivity contribution in [2.45, 2.75) is 31.9 Å². The van der Waals surface area contributed by atoms with Crippen molar-refractivity contribution in [2.75, 3.05) is 13.6 Å². The first kappa shape index (κ1) is 18.1. The van der Waals surface area contributed by atoms with E-state index in [4.69, 9.17) is 0 Å². The van der Waals surface area contributed by atoms with Gasteiger partial charge in [-0.15, -0.1) is 0 Å². The largest absolute Gasteiger partial charge is 0.387 e. The summed E-state index contributed by atoms with van der Waals surface area (Å²) < 4.78 is 0. The molecule has 5 heteroatoms. The molecule has 2 atom stereocenters. The molecule has 0 fully saturated rings. The second-order valence-electron chi connectivity index (χ2n) is 6.18. The van der Waals surface area contributed by atoms with Gasteiger partial charge in [-0.1, -0.05) is 42.5 Å². The van der Waals surface area contributed by atoms with E-state index in [0.717, 1.165) is 12.8 Å². The van der Waals surface area contributed by atoms with E-state index in [1.165, 1.54) is 17.7 Å². The molecule has 0 bridgehead atoms. The number of hydrogen-bond donors (Lipinski definition) is 1. The van der Waals surface area contributed by atoms with E-state index in [1.807, 2.05) is 25.2 Å². The molecule has 0 heterocycles. The van der Waals surface area contributed by atoms with Gasteiger partial charge >= 0.3 is 0 Å². The number of nitro benzene ring substituents is 1. The van der Waals surface area contributed by atoms with E-state index in [9.17, 15) is 15.2 Å². The lowest BCUT2D eigenvalue weighted by Crippen LogP contribution is -2.33. The van der Waals surface area contributed by atoms with Crippen LogP contribution in [0.3, 0.4) is 0 Å². The van der Waals surface area contributed by atoms with Crippen LogP contribution in [-0.2, 0) is 6.42 Å². The van der Waals surface area contributed by atoms with Crippen molar-refractivity contribution in [3.63, 3.8) is 0 Å². The fourth-order valence-corrected chi connectivity index (χ4v) is 2.64. The summed E-state index contributed by atoms with van der Waals surface area (Å²) in [5.41, 5.74) is 1.88. The van der Waals surface area contributed by atoms with Gasteiger partial charge in [0.05, 0.1) is 11.0 Å². The number of rotatable bonds is 8. The Labute approximate surface area is 142 Å². The zero-order valence-corrected chi connectivity index (χ0v) is 14.1. The Bertz CT molecular complexity index is 661. The first-order chi connectivity index (χ1) is 11.5.